The van der Waals surface area contributed by atoms with Crippen molar-refractivity contribution in [3.05, 3.63) is 56.4 Å². The largest absolute Gasteiger partial charge is 0.504 e. The molecule has 1 amide bonds. The van der Waals surface area contributed by atoms with Gasteiger partial charge in [-0.2, -0.15) is 0 Å². The van der Waals surface area contributed by atoms with Crippen molar-refractivity contribution >= 4 is 50.5 Å². The van der Waals surface area contributed by atoms with Gasteiger partial charge in [0.05, 0.1) is 17.2 Å². The summed E-state index contributed by atoms with van der Waals surface area (Å²) in [5, 5.41) is 13.1. The Morgan fingerprint density at radius 1 is 1.26 bits per heavy atom. The Bertz CT molecular complexity index is 947. The first kappa shape index (κ1) is 19.5. The number of phenols is 1. The van der Waals surface area contributed by atoms with Crippen LogP contribution in [0, 0.1) is 13.8 Å². The number of aryl methyl sites for hydroxylation is 2. The van der Waals surface area contributed by atoms with Crippen LogP contribution in [-0.2, 0) is 4.79 Å². The Labute approximate surface area is 170 Å². The zero-order chi connectivity index (χ0) is 19.6. The predicted molar refractivity (Wildman–Crippen MR) is 114 cm³/mol. The van der Waals surface area contributed by atoms with E-state index >= 15 is 0 Å². The number of amidine groups is 1. The molecule has 0 bridgehead atoms. The van der Waals surface area contributed by atoms with Gasteiger partial charge in [-0.3, -0.25) is 4.79 Å². The zero-order valence-corrected chi connectivity index (χ0v) is 17.6. The molecule has 140 valence electrons. The molecule has 0 atom stereocenters. The molecule has 1 aliphatic heterocycles. The van der Waals surface area contributed by atoms with Gasteiger partial charge in [-0.1, -0.05) is 22.0 Å². The molecule has 0 spiro atoms. The average molecular weight is 447 g/mol. The zero-order valence-electron chi connectivity index (χ0n) is 15.2. The first-order chi connectivity index (χ1) is 12.9. The lowest BCUT2D eigenvalue weighted by atomic mass is 10.1. The minimum Gasteiger partial charge on any atom is -0.504 e. The molecule has 0 aliphatic carbocycles. The molecule has 2 N–H and O–H groups in total. The van der Waals surface area contributed by atoms with E-state index in [1.54, 1.807) is 24.3 Å². The summed E-state index contributed by atoms with van der Waals surface area (Å²) in [6.07, 6.45) is 1.75. The number of aromatic hydroxyl groups is 1. The van der Waals surface area contributed by atoms with Crippen LogP contribution >= 0.6 is 27.7 Å². The Kier molecular flexibility index (Phi) is 5.92. The number of rotatable bonds is 4. The molecule has 1 fully saturated rings. The van der Waals surface area contributed by atoms with E-state index < -0.39 is 0 Å². The number of hydrogen-bond acceptors (Lipinski definition) is 5. The molecule has 1 saturated heterocycles. The van der Waals surface area contributed by atoms with Gasteiger partial charge in [-0.25, -0.2) is 4.99 Å². The third-order valence-corrected chi connectivity index (χ3v) is 6.04. The molecule has 0 saturated carbocycles. The van der Waals surface area contributed by atoms with Crippen LogP contribution in [0.3, 0.4) is 0 Å². The highest BCUT2D eigenvalue weighted by Crippen LogP contribution is 2.33. The van der Waals surface area contributed by atoms with Crippen LogP contribution in [0.5, 0.6) is 11.5 Å². The summed E-state index contributed by atoms with van der Waals surface area (Å²) in [4.78, 5) is 17.4. The van der Waals surface area contributed by atoms with Crippen LogP contribution in [0.1, 0.15) is 23.6 Å². The van der Waals surface area contributed by atoms with Gasteiger partial charge >= 0.3 is 0 Å². The second kappa shape index (κ2) is 8.19. The fourth-order valence-electron chi connectivity index (χ4n) is 2.63. The molecule has 0 unspecified atom stereocenters. The number of halogens is 1. The molecule has 27 heavy (non-hydrogen) atoms. The summed E-state index contributed by atoms with van der Waals surface area (Å²) in [6, 6.07) is 8.92. The SMILES string of the molecule is CCOc1cc(/C=C2\SC(=Nc3cc(C)c(Br)c(C)c3)NC2=O)ccc1O. The average Bonchev–Trinajstić information content (AvgIpc) is 2.95. The molecule has 3 rings (SSSR count). The molecule has 1 heterocycles. The minimum absolute atomic E-state index is 0.0748. The Hall–Kier alpha value is -2.25. The number of carbonyl (C=O) groups excluding carboxylic acids is 1. The van der Waals surface area contributed by atoms with Gasteiger partial charge in [-0.15, -0.1) is 0 Å². The Balaban J connectivity index is 1.85. The summed E-state index contributed by atoms with van der Waals surface area (Å²) in [6.45, 7) is 6.31. The van der Waals surface area contributed by atoms with Crippen LogP contribution in [0.4, 0.5) is 5.69 Å². The number of ether oxygens (including phenoxy) is 1. The van der Waals surface area contributed by atoms with Crippen LogP contribution in [-0.4, -0.2) is 22.8 Å². The van der Waals surface area contributed by atoms with Gasteiger partial charge in [0.1, 0.15) is 0 Å². The van der Waals surface area contributed by atoms with Gasteiger partial charge in [0, 0.05) is 4.47 Å². The molecule has 5 nitrogen and oxygen atoms in total. The smallest absolute Gasteiger partial charge is 0.264 e. The topological polar surface area (TPSA) is 70.9 Å². The highest BCUT2D eigenvalue weighted by atomic mass is 79.9. The van der Waals surface area contributed by atoms with E-state index in [-0.39, 0.29) is 11.7 Å². The molecule has 0 radical (unpaired) electrons. The summed E-state index contributed by atoms with van der Waals surface area (Å²) in [5.41, 5.74) is 3.74. The second-order valence-corrected chi connectivity index (χ2v) is 7.86. The lowest BCUT2D eigenvalue weighted by Gasteiger charge is -2.06. The number of phenolic OH excluding ortho intramolecular Hbond substituents is 1. The molecular weight excluding hydrogens is 428 g/mol. The molecule has 2 aromatic carbocycles. The van der Waals surface area contributed by atoms with Gasteiger partial charge in [0.25, 0.3) is 5.91 Å². The number of aliphatic imine (C=N–C) groups is 1. The van der Waals surface area contributed by atoms with Crippen LogP contribution in [0.25, 0.3) is 6.08 Å². The third kappa shape index (κ3) is 4.54. The number of carbonyl (C=O) groups is 1. The summed E-state index contributed by atoms with van der Waals surface area (Å²) < 4.78 is 6.45. The van der Waals surface area contributed by atoms with Gasteiger partial charge < -0.3 is 15.2 Å². The van der Waals surface area contributed by atoms with E-state index in [2.05, 4.69) is 26.2 Å². The maximum atomic E-state index is 12.3. The maximum Gasteiger partial charge on any atom is 0.264 e. The Morgan fingerprint density at radius 3 is 2.63 bits per heavy atom. The lowest BCUT2D eigenvalue weighted by Crippen LogP contribution is -2.19. The minimum atomic E-state index is -0.199. The van der Waals surface area contributed by atoms with Crippen molar-refractivity contribution in [1.29, 1.82) is 0 Å². The van der Waals surface area contributed by atoms with Crippen LogP contribution in [0.2, 0.25) is 0 Å². The van der Waals surface area contributed by atoms with E-state index in [9.17, 15) is 9.90 Å². The van der Waals surface area contributed by atoms with Gasteiger partial charge in [0.15, 0.2) is 16.7 Å². The van der Waals surface area contributed by atoms with Crippen molar-refractivity contribution in [2.75, 3.05) is 6.61 Å². The van der Waals surface area contributed by atoms with Gasteiger partial charge in [0.2, 0.25) is 0 Å². The van der Waals surface area contributed by atoms with Crippen molar-refractivity contribution in [3.8, 4) is 11.5 Å². The van der Waals surface area contributed by atoms with E-state index in [1.807, 2.05) is 32.9 Å². The summed E-state index contributed by atoms with van der Waals surface area (Å²) >= 11 is 4.83. The number of thioether (sulfide) groups is 1. The van der Waals surface area contributed by atoms with Crippen molar-refractivity contribution in [2.45, 2.75) is 20.8 Å². The third-order valence-electron chi connectivity index (χ3n) is 3.88. The number of benzene rings is 2. The van der Waals surface area contributed by atoms with Crippen LogP contribution < -0.4 is 10.1 Å². The predicted octanol–water partition coefficient (Wildman–Crippen LogP) is 5.06. The van der Waals surface area contributed by atoms with Crippen molar-refractivity contribution in [1.82, 2.24) is 5.32 Å². The van der Waals surface area contributed by atoms with E-state index in [1.165, 1.54) is 11.8 Å². The molecular formula is C20H19BrN2O3S. The first-order valence-electron chi connectivity index (χ1n) is 8.39. The second-order valence-electron chi connectivity index (χ2n) is 6.04. The molecule has 2 aromatic rings. The quantitative estimate of drug-likeness (QED) is 0.643. The van der Waals surface area contributed by atoms with Crippen molar-refractivity contribution < 1.29 is 14.6 Å². The highest BCUT2D eigenvalue weighted by Gasteiger charge is 2.24. The monoisotopic (exact) mass is 446 g/mol. The highest BCUT2D eigenvalue weighted by molar-refractivity contribution is 9.10. The van der Waals surface area contributed by atoms with Crippen molar-refractivity contribution in [2.24, 2.45) is 4.99 Å². The normalized spacial score (nSPS) is 16.8. The standard InChI is InChI=1S/C20H19BrN2O3S/c1-4-26-16-9-13(5-6-15(16)24)10-17-19(25)23-20(27-17)22-14-7-11(2)18(21)12(3)8-14/h5-10,24H,4H2,1-3H3,(H,22,23,25)/b17-10-. The molecule has 1 aliphatic rings. The molecule has 0 aromatic heterocycles. The van der Waals surface area contributed by atoms with Crippen LogP contribution in [0.15, 0.2) is 44.7 Å². The van der Waals surface area contributed by atoms with E-state index in [0.717, 1.165) is 26.9 Å². The number of amides is 1. The fourth-order valence-corrected chi connectivity index (χ4v) is 3.70. The van der Waals surface area contributed by atoms with Gasteiger partial charge in [-0.05, 0) is 79.6 Å². The maximum absolute atomic E-state index is 12.3. The Morgan fingerprint density at radius 2 is 1.96 bits per heavy atom. The fraction of sp³-hybridized carbons (Fsp3) is 0.200. The number of hydrogen-bond donors (Lipinski definition) is 2. The summed E-state index contributed by atoms with van der Waals surface area (Å²) in [5.74, 6) is 0.269. The first-order valence-corrected chi connectivity index (χ1v) is 10.0. The van der Waals surface area contributed by atoms with Crippen molar-refractivity contribution in [3.63, 3.8) is 0 Å². The van der Waals surface area contributed by atoms with E-state index in [0.29, 0.717) is 22.4 Å². The lowest BCUT2D eigenvalue weighted by molar-refractivity contribution is -0.115. The number of nitrogens with zero attached hydrogens (tertiary/aromatic N) is 1. The number of nitrogens with one attached hydrogen (secondary N) is 1. The molecule has 7 heteroatoms. The summed E-state index contributed by atoms with van der Waals surface area (Å²) in [7, 11) is 0. The van der Waals surface area contributed by atoms with E-state index in [4.69, 9.17) is 4.74 Å².